The van der Waals surface area contributed by atoms with E-state index in [0.717, 1.165) is 9.13 Å². The van der Waals surface area contributed by atoms with Gasteiger partial charge in [0, 0.05) is 32.9 Å². The lowest BCUT2D eigenvalue weighted by atomic mass is 10.0. The number of para-hydroxylation sites is 3. The summed E-state index contributed by atoms with van der Waals surface area (Å²) in [4.78, 5) is 0. The van der Waals surface area contributed by atoms with E-state index in [-0.39, 0.29) is 38.6 Å². The van der Waals surface area contributed by atoms with Crippen LogP contribution in [0.5, 0.6) is 0 Å². The molecule has 206 valence electrons. The van der Waals surface area contributed by atoms with Crippen molar-refractivity contribution in [3.63, 3.8) is 0 Å². The molecule has 2 heterocycles. The lowest BCUT2D eigenvalue weighted by Gasteiger charge is -2.11. The number of hydrogen-bond donors (Lipinski definition) is 0. The molecule has 0 aliphatic rings. The number of rotatable bonds is 4. The number of hydrogen-bond acceptors (Lipinski definition) is 0. The van der Waals surface area contributed by atoms with Crippen molar-refractivity contribution in [2.75, 3.05) is 0 Å². The molecule has 0 atom stereocenters. The highest BCUT2D eigenvalue weighted by atomic mass is 15.0. The summed E-state index contributed by atoms with van der Waals surface area (Å²) in [6.45, 7) is 0. The third-order valence-electron chi connectivity index (χ3n) is 7.17. The van der Waals surface area contributed by atoms with Crippen LogP contribution in [0.2, 0.25) is 0 Å². The lowest BCUT2D eigenvalue weighted by Crippen LogP contribution is -1.94. The minimum absolute atomic E-state index is 0.00575. The van der Waals surface area contributed by atoms with Crippen molar-refractivity contribution in [1.82, 2.24) is 9.13 Å². The standard InChI is InChI=1S/C42H28N2/c1-3-12-29(13-4-1)30-14-11-17-34(26-30)44-40-21-10-8-19-36(40)38-28-32(23-25-42(38)44)31-22-24-41-37(27-31)35-18-7-9-20-39(35)43(41)33-15-5-2-6-16-33/h1-28H/i1D,2D,3D,4D,5D,6D,7D,8D,9D,10D,12D,13D,15D,16D,18D,19D,20D,21D,22D,23D,24D,25D,27D,28D. The molecule has 2 heteroatoms. The van der Waals surface area contributed by atoms with Gasteiger partial charge in [-0.25, -0.2) is 0 Å². The largest absolute Gasteiger partial charge is 0.309 e. The van der Waals surface area contributed by atoms with E-state index in [9.17, 15) is 8.22 Å². The molecule has 0 unspecified atom stereocenters. The van der Waals surface area contributed by atoms with Crippen LogP contribution in [0, 0.1) is 0 Å². The highest BCUT2D eigenvalue weighted by Gasteiger charge is 2.16. The molecule has 2 aromatic heterocycles. The van der Waals surface area contributed by atoms with Crippen molar-refractivity contribution in [2.24, 2.45) is 0 Å². The molecule has 0 spiro atoms. The van der Waals surface area contributed by atoms with E-state index < -0.39 is 184 Å². The molecule has 0 fully saturated rings. The van der Waals surface area contributed by atoms with Crippen LogP contribution >= 0.6 is 0 Å². The Kier molecular flexibility index (Phi) is 2.40. The second-order valence-electron chi connectivity index (χ2n) is 9.59. The maximum atomic E-state index is 9.76. The van der Waals surface area contributed by atoms with E-state index in [1.54, 1.807) is 0 Å². The third-order valence-corrected chi connectivity index (χ3v) is 7.17. The molecule has 0 aliphatic heterocycles. The zero-order valence-corrected chi connectivity index (χ0v) is 22.2. The fourth-order valence-electron chi connectivity index (χ4n) is 5.31. The van der Waals surface area contributed by atoms with Crippen molar-refractivity contribution in [2.45, 2.75) is 0 Å². The molecule has 44 heavy (non-hydrogen) atoms. The van der Waals surface area contributed by atoms with Crippen LogP contribution in [-0.4, -0.2) is 9.13 Å². The second kappa shape index (κ2) is 9.86. The zero-order valence-electron chi connectivity index (χ0n) is 46.2. The second-order valence-corrected chi connectivity index (χ2v) is 9.59. The van der Waals surface area contributed by atoms with E-state index in [4.69, 9.17) is 24.7 Å². The maximum absolute atomic E-state index is 9.76. The summed E-state index contributed by atoms with van der Waals surface area (Å²) in [5.74, 6) is 0. The fraction of sp³-hybridized carbons (Fsp3) is 0. The molecular formula is C42H28N2. The molecule has 0 bridgehead atoms. The quantitative estimate of drug-likeness (QED) is 0.195. The first-order valence-electron chi connectivity index (χ1n) is 25.2. The summed E-state index contributed by atoms with van der Waals surface area (Å²) in [5, 5.41) is -1.72. The van der Waals surface area contributed by atoms with Gasteiger partial charge in [0.05, 0.1) is 55.0 Å². The number of aromatic nitrogens is 2. The summed E-state index contributed by atoms with van der Waals surface area (Å²) >= 11 is 0. The Balaban J connectivity index is 1.46. The summed E-state index contributed by atoms with van der Waals surface area (Å²) in [5.41, 5.74) is -3.92. The Morgan fingerprint density at radius 3 is 1.48 bits per heavy atom. The van der Waals surface area contributed by atoms with Crippen LogP contribution in [0.3, 0.4) is 0 Å². The first-order valence-corrected chi connectivity index (χ1v) is 13.2. The third kappa shape index (κ3) is 3.82. The van der Waals surface area contributed by atoms with Crippen molar-refractivity contribution in [3.05, 3.63) is 169 Å². The molecule has 9 aromatic rings. The minimum atomic E-state index is -0.924. The van der Waals surface area contributed by atoms with Gasteiger partial charge in [0.1, 0.15) is 0 Å². The predicted molar refractivity (Wildman–Crippen MR) is 186 cm³/mol. The maximum Gasteiger partial charge on any atom is 0.0645 e. The average Bonchev–Trinajstić information content (AvgIpc) is 3.87. The van der Waals surface area contributed by atoms with E-state index in [0.29, 0.717) is 0 Å². The molecule has 0 aliphatic carbocycles. The Hall–Kier alpha value is -5.86. The van der Waals surface area contributed by atoms with Gasteiger partial charge in [0.2, 0.25) is 0 Å². The number of nitrogens with zero attached hydrogens (tertiary/aromatic N) is 2. The molecule has 0 N–H and O–H groups in total. The summed E-state index contributed by atoms with van der Waals surface area (Å²) < 4.78 is 214. The molecule has 0 saturated heterocycles. The predicted octanol–water partition coefficient (Wildman–Crippen LogP) is 11.2. The van der Waals surface area contributed by atoms with Crippen LogP contribution in [-0.2, 0) is 0 Å². The van der Waals surface area contributed by atoms with E-state index in [1.807, 2.05) is 0 Å². The molecule has 0 saturated carbocycles. The van der Waals surface area contributed by atoms with Crippen molar-refractivity contribution >= 4 is 43.6 Å². The lowest BCUT2D eigenvalue weighted by molar-refractivity contribution is 1.18. The summed E-state index contributed by atoms with van der Waals surface area (Å²) in [6, 6.07) is -12.7. The smallest absolute Gasteiger partial charge is 0.0645 e. The van der Waals surface area contributed by atoms with E-state index in [1.165, 1.54) is 24.3 Å². The highest BCUT2D eigenvalue weighted by Crippen LogP contribution is 2.38. The van der Waals surface area contributed by atoms with Crippen molar-refractivity contribution < 1.29 is 32.9 Å². The molecular weight excluding hydrogens is 532 g/mol. The number of fused-ring (bicyclic) bond motifs is 6. The van der Waals surface area contributed by atoms with Crippen molar-refractivity contribution in [1.29, 1.82) is 0 Å². The van der Waals surface area contributed by atoms with Gasteiger partial charge >= 0.3 is 0 Å². The monoisotopic (exact) mass is 584 g/mol. The first-order chi connectivity index (χ1) is 31.8. The van der Waals surface area contributed by atoms with E-state index in [2.05, 4.69) is 0 Å². The molecule has 9 rings (SSSR count). The van der Waals surface area contributed by atoms with Crippen LogP contribution < -0.4 is 0 Å². The van der Waals surface area contributed by atoms with Gasteiger partial charge in [0.15, 0.2) is 0 Å². The zero-order chi connectivity index (χ0) is 49.9. The molecule has 2 nitrogen and oxygen atoms in total. The molecule has 7 aromatic carbocycles. The average molecular weight is 585 g/mol. The van der Waals surface area contributed by atoms with Gasteiger partial charge in [-0.15, -0.1) is 0 Å². The minimum Gasteiger partial charge on any atom is -0.309 e. The van der Waals surface area contributed by atoms with Crippen molar-refractivity contribution in [3.8, 4) is 33.6 Å². The normalized spacial score (nSPS) is 19.3. The highest BCUT2D eigenvalue weighted by molar-refractivity contribution is 6.12. The SMILES string of the molecule is [2H]c1c([2H])c([2H])c(-c2cccc(-n3c4c([2H])c([2H])c([2H])c([2H])c4c4c([2H])c(-c5c([2H])c([2H])c6c(c5[2H])c5c([2H])c([2H])c([2H])c([2H])c5n6-c5c([2H])c([2H])c([2H])c([2H])c5[2H])c([2H])c([2H])c43)c2)c([2H])c1[2H]. The summed E-state index contributed by atoms with van der Waals surface area (Å²) in [7, 11) is 0. The Morgan fingerprint density at radius 1 is 0.364 bits per heavy atom. The fourth-order valence-corrected chi connectivity index (χ4v) is 5.31. The Bertz CT molecular complexity index is 3790. The van der Waals surface area contributed by atoms with Gasteiger partial charge < -0.3 is 9.13 Å². The number of benzene rings is 7. The van der Waals surface area contributed by atoms with Gasteiger partial charge in [-0.3, -0.25) is 0 Å². The van der Waals surface area contributed by atoms with Gasteiger partial charge in [-0.1, -0.05) is 109 Å². The van der Waals surface area contributed by atoms with Gasteiger partial charge in [-0.05, 0) is 82.7 Å². The Labute approximate surface area is 289 Å². The van der Waals surface area contributed by atoms with Gasteiger partial charge in [0.25, 0.3) is 0 Å². The van der Waals surface area contributed by atoms with Crippen LogP contribution in [0.15, 0.2) is 169 Å². The topological polar surface area (TPSA) is 9.86 Å². The molecule has 0 radical (unpaired) electrons. The summed E-state index contributed by atoms with van der Waals surface area (Å²) in [6.07, 6.45) is 0. The van der Waals surface area contributed by atoms with Crippen LogP contribution in [0.4, 0.5) is 0 Å². The van der Waals surface area contributed by atoms with Crippen LogP contribution in [0.1, 0.15) is 32.9 Å². The van der Waals surface area contributed by atoms with E-state index >= 15 is 0 Å². The molecule has 0 amide bonds. The first kappa shape index (κ1) is 10.7. The van der Waals surface area contributed by atoms with Gasteiger partial charge in [-0.2, -0.15) is 0 Å². The van der Waals surface area contributed by atoms with Crippen LogP contribution in [0.25, 0.3) is 77.2 Å². The Morgan fingerprint density at radius 2 is 0.864 bits per heavy atom.